The van der Waals surface area contributed by atoms with Crippen molar-refractivity contribution in [3.05, 3.63) is 47.3 Å². The van der Waals surface area contributed by atoms with Crippen LogP contribution in [0, 0.1) is 6.92 Å². The second-order valence-electron chi connectivity index (χ2n) is 8.32. The fraction of sp³-hybridized carbons (Fsp3) is 0.565. The minimum absolute atomic E-state index is 0.229. The Bertz CT molecular complexity index is 815. The van der Waals surface area contributed by atoms with Crippen LogP contribution < -0.4 is 4.74 Å². The second kappa shape index (κ2) is 9.92. The highest BCUT2D eigenvalue weighted by atomic mass is 16.5. The monoisotopic (exact) mass is 398 g/mol. The first-order chi connectivity index (χ1) is 13.9. The highest BCUT2D eigenvalue weighted by Gasteiger charge is 2.26. The number of nitrogens with zero attached hydrogens (tertiary/aromatic N) is 4. The third-order valence-electron chi connectivity index (χ3n) is 5.55. The van der Waals surface area contributed by atoms with E-state index in [-0.39, 0.29) is 5.91 Å². The van der Waals surface area contributed by atoms with E-state index in [1.54, 1.807) is 0 Å². The van der Waals surface area contributed by atoms with Gasteiger partial charge in [0.1, 0.15) is 5.75 Å². The fourth-order valence-electron chi connectivity index (χ4n) is 3.93. The number of aryl methyl sites for hydroxylation is 2. The van der Waals surface area contributed by atoms with E-state index in [0.29, 0.717) is 18.9 Å². The first-order valence-corrected chi connectivity index (χ1v) is 10.6. The lowest BCUT2D eigenvalue weighted by atomic mass is 9.94. The number of aromatic nitrogens is 2. The molecule has 1 aromatic heterocycles. The Labute approximate surface area is 174 Å². The Morgan fingerprint density at radius 2 is 2.10 bits per heavy atom. The van der Waals surface area contributed by atoms with Crippen molar-refractivity contribution in [1.29, 1.82) is 0 Å². The lowest BCUT2D eigenvalue weighted by Crippen LogP contribution is -2.39. The number of hydrogen-bond acceptors (Lipinski definition) is 4. The number of likely N-dealkylation sites (tertiary alicyclic amines) is 1. The highest BCUT2D eigenvalue weighted by Crippen LogP contribution is 2.27. The van der Waals surface area contributed by atoms with Gasteiger partial charge in [-0.15, -0.1) is 0 Å². The predicted molar refractivity (Wildman–Crippen MR) is 115 cm³/mol. The predicted octanol–water partition coefficient (Wildman–Crippen LogP) is 3.36. The van der Waals surface area contributed by atoms with E-state index in [1.807, 2.05) is 47.8 Å². The van der Waals surface area contributed by atoms with Crippen molar-refractivity contribution >= 4 is 5.91 Å². The Hall–Kier alpha value is -2.34. The molecule has 1 aliphatic rings. The lowest BCUT2D eigenvalue weighted by molar-refractivity contribution is -0.132. The Balaban J connectivity index is 1.48. The standard InChI is InChI=1S/C23H34N4O2/c1-18-9-5-6-11-22(18)29-14-8-12-23(28)27-13-7-10-19(16-27)21-15-20(17-25(2)3)26(4)24-21/h5-6,9,11,15,19H,7-8,10,12-14,16-17H2,1-4H3/t19-/m1/s1. The fourth-order valence-corrected chi connectivity index (χ4v) is 3.93. The zero-order chi connectivity index (χ0) is 20.8. The minimum Gasteiger partial charge on any atom is -0.493 e. The first kappa shape index (κ1) is 21.4. The van der Waals surface area contributed by atoms with Gasteiger partial charge in [-0.1, -0.05) is 18.2 Å². The molecule has 2 aromatic rings. The number of ether oxygens (including phenoxy) is 1. The summed E-state index contributed by atoms with van der Waals surface area (Å²) >= 11 is 0. The molecular weight excluding hydrogens is 364 g/mol. The summed E-state index contributed by atoms with van der Waals surface area (Å²) in [4.78, 5) is 16.9. The lowest BCUT2D eigenvalue weighted by Gasteiger charge is -2.32. The Morgan fingerprint density at radius 3 is 2.86 bits per heavy atom. The van der Waals surface area contributed by atoms with Crippen molar-refractivity contribution in [2.45, 2.75) is 45.1 Å². The third-order valence-corrected chi connectivity index (χ3v) is 5.55. The average molecular weight is 399 g/mol. The quantitative estimate of drug-likeness (QED) is 0.640. The number of amides is 1. The van der Waals surface area contributed by atoms with Crippen LogP contribution in [0.3, 0.4) is 0 Å². The number of carbonyl (C=O) groups is 1. The molecule has 0 unspecified atom stereocenters. The van der Waals surface area contributed by atoms with Crippen LogP contribution in [0.5, 0.6) is 5.75 Å². The molecule has 158 valence electrons. The summed E-state index contributed by atoms with van der Waals surface area (Å²) in [5, 5.41) is 4.73. The minimum atomic E-state index is 0.229. The summed E-state index contributed by atoms with van der Waals surface area (Å²) in [5.41, 5.74) is 3.45. The summed E-state index contributed by atoms with van der Waals surface area (Å²) in [6, 6.07) is 10.2. The van der Waals surface area contributed by atoms with Gasteiger partial charge in [-0.25, -0.2) is 0 Å². The number of hydrogen-bond donors (Lipinski definition) is 0. The zero-order valence-electron chi connectivity index (χ0n) is 18.2. The van der Waals surface area contributed by atoms with Gasteiger partial charge >= 0.3 is 0 Å². The van der Waals surface area contributed by atoms with E-state index >= 15 is 0 Å². The normalized spacial score (nSPS) is 17.0. The molecule has 3 rings (SSSR count). The maximum atomic E-state index is 12.7. The smallest absolute Gasteiger partial charge is 0.222 e. The summed E-state index contributed by atoms with van der Waals surface area (Å²) in [6.45, 7) is 5.11. The molecule has 1 fully saturated rings. The van der Waals surface area contributed by atoms with Crippen LogP contribution in [-0.4, -0.2) is 59.3 Å². The molecule has 1 aromatic carbocycles. The molecule has 0 bridgehead atoms. The van der Waals surface area contributed by atoms with E-state index < -0.39 is 0 Å². The van der Waals surface area contributed by atoms with Gasteiger partial charge in [0.2, 0.25) is 5.91 Å². The van der Waals surface area contributed by atoms with Crippen LogP contribution in [0.2, 0.25) is 0 Å². The Kier molecular flexibility index (Phi) is 7.31. The number of carbonyl (C=O) groups excluding carboxylic acids is 1. The largest absolute Gasteiger partial charge is 0.493 e. The van der Waals surface area contributed by atoms with Crippen molar-refractivity contribution in [3.63, 3.8) is 0 Å². The van der Waals surface area contributed by atoms with Gasteiger partial charge in [-0.05, 0) is 58.0 Å². The second-order valence-corrected chi connectivity index (χ2v) is 8.32. The molecule has 0 radical (unpaired) electrons. The molecule has 6 nitrogen and oxygen atoms in total. The van der Waals surface area contributed by atoms with Gasteiger partial charge in [0.25, 0.3) is 0 Å². The molecular formula is C23H34N4O2. The number of rotatable bonds is 8. The van der Waals surface area contributed by atoms with Gasteiger partial charge in [0.15, 0.2) is 0 Å². The van der Waals surface area contributed by atoms with E-state index in [9.17, 15) is 4.79 Å². The molecule has 1 saturated heterocycles. The molecule has 1 atom stereocenters. The SMILES string of the molecule is Cc1ccccc1OCCCC(=O)N1CCC[C@@H](c2cc(CN(C)C)n(C)n2)C1. The van der Waals surface area contributed by atoms with E-state index in [2.05, 4.69) is 25.1 Å². The molecule has 2 heterocycles. The summed E-state index contributed by atoms with van der Waals surface area (Å²) < 4.78 is 7.80. The van der Waals surface area contributed by atoms with Gasteiger partial charge in [0, 0.05) is 39.0 Å². The number of para-hydroxylation sites is 1. The van der Waals surface area contributed by atoms with Crippen LogP contribution in [0.15, 0.2) is 30.3 Å². The van der Waals surface area contributed by atoms with Crippen LogP contribution in [-0.2, 0) is 18.4 Å². The summed E-state index contributed by atoms with van der Waals surface area (Å²) in [5.74, 6) is 1.47. The van der Waals surface area contributed by atoms with Gasteiger partial charge in [0.05, 0.1) is 18.0 Å². The van der Waals surface area contributed by atoms with Crippen LogP contribution in [0.25, 0.3) is 0 Å². The topological polar surface area (TPSA) is 50.6 Å². The summed E-state index contributed by atoms with van der Waals surface area (Å²) in [7, 11) is 6.13. The Morgan fingerprint density at radius 1 is 1.31 bits per heavy atom. The molecule has 0 spiro atoms. The van der Waals surface area contributed by atoms with Gasteiger partial charge in [-0.2, -0.15) is 5.10 Å². The van der Waals surface area contributed by atoms with E-state index in [4.69, 9.17) is 9.84 Å². The van der Waals surface area contributed by atoms with Crippen molar-refractivity contribution in [3.8, 4) is 5.75 Å². The van der Waals surface area contributed by atoms with Crippen molar-refractivity contribution < 1.29 is 9.53 Å². The van der Waals surface area contributed by atoms with Crippen LogP contribution >= 0.6 is 0 Å². The number of piperidine rings is 1. The van der Waals surface area contributed by atoms with Crippen molar-refractivity contribution in [2.75, 3.05) is 33.8 Å². The van der Waals surface area contributed by atoms with E-state index in [1.165, 1.54) is 5.69 Å². The van der Waals surface area contributed by atoms with Gasteiger partial charge < -0.3 is 14.5 Å². The molecule has 6 heteroatoms. The highest BCUT2D eigenvalue weighted by molar-refractivity contribution is 5.76. The maximum Gasteiger partial charge on any atom is 0.222 e. The number of benzene rings is 1. The van der Waals surface area contributed by atoms with Crippen molar-refractivity contribution in [1.82, 2.24) is 19.6 Å². The maximum absolute atomic E-state index is 12.7. The zero-order valence-corrected chi connectivity index (χ0v) is 18.2. The van der Waals surface area contributed by atoms with Crippen molar-refractivity contribution in [2.24, 2.45) is 7.05 Å². The molecule has 0 aliphatic carbocycles. The molecule has 1 aliphatic heterocycles. The molecule has 29 heavy (non-hydrogen) atoms. The molecule has 0 saturated carbocycles. The molecule has 1 amide bonds. The van der Waals surface area contributed by atoms with Crippen LogP contribution in [0.4, 0.5) is 0 Å². The molecule has 0 N–H and O–H groups in total. The van der Waals surface area contributed by atoms with Crippen LogP contribution in [0.1, 0.15) is 48.6 Å². The summed E-state index contributed by atoms with van der Waals surface area (Å²) in [6.07, 6.45) is 3.41. The average Bonchev–Trinajstić information content (AvgIpc) is 3.06. The third kappa shape index (κ3) is 5.82. The first-order valence-electron chi connectivity index (χ1n) is 10.6. The van der Waals surface area contributed by atoms with Gasteiger partial charge in [-0.3, -0.25) is 9.48 Å². The van der Waals surface area contributed by atoms with E-state index in [0.717, 1.165) is 55.9 Å².